The number of phenols is 2. The largest absolute Gasteiger partial charge is 0.507 e. The molecule has 0 spiro atoms. The smallest absolute Gasteiger partial charge is 0.323 e. The average Bonchev–Trinajstić information content (AvgIpc) is 2.51. The summed E-state index contributed by atoms with van der Waals surface area (Å²) in [5.41, 5.74) is 0.893. The maximum absolute atomic E-state index is 12.1. The standard InChI is InChI=1S/C17H14N2O3/c20-15-10-4-5-11-12(15)6-3-8-13(11)18-17(22)19-14-7-1-2-9-16(14)21/h1-10,20-21H,(H2,18,19,22). The zero-order valence-electron chi connectivity index (χ0n) is 11.6. The highest BCUT2D eigenvalue weighted by atomic mass is 16.3. The number of nitrogens with one attached hydrogen (secondary N) is 2. The number of urea groups is 1. The molecule has 0 bridgehead atoms. The summed E-state index contributed by atoms with van der Waals surface area (Å²) < 4.78 is 0. The minimum atomic E-state index is -0.475. The number of para-hydroxylation sites is 2. The molecule has 3 aromatic rings. The zero-order valence-corrected chi connectivity index (χ0v) is 11.6. The summed E-state index contributed by atoms with van der Waals surface area (Å²) in [6.07, 6.45) is 0. The van der Waals surface area contributed by atoms with Crippen molar-refractivity contribution in [2.24, 2.45) is 0 Å². The number of hydrogen-bond acceptors (Lipinski definition) is 3. The first-order chi connectivity index (χ1) is 10.6. The summed E-state index contributed by atoms with van der Waals surface area (Å²) in [4.78, 5) is 12.1. The molecule has 3 rings (SSSR count). The highest BCUT2D eigenvalue weighted by Gasteiger charge is 2.09. The van der Waals surface area contributed by atoms with E-state index in [9.17, 15) is 15.0 Å². The molecule has 3 aromatic carbocycles. The second-order valence-corrected chi connectivity index (χ2v) is 4.77. The fraction of sp³-hybridized carbons (Fsp3) is 0. The van der Waals surface area contributed by atoms with Crippen LogP contribution in [0.1, 0.15) is 0 Å². The highest BCUT2D eigenvalue weighted by molar-refractivity contribution is 6.07. The van der Waals surface area contributed by atoms with Crippen LogP contribution in [-0.2, 0) is 0 Å². The van der Waals surface area contributed by atoms with Gasteiger partial charge in [-0.05, 0) is 24.3 Å². The first-order valence-corrected chi connectivity index (χ1v) is 6.72. The van der Waals surface area contributed by atoms with Gasteiger partial charge in [0.25, 0.3) is 0 Å². The Labute approximate surface area is 126 Å². The molecule has 22 heavy (non-hydrogen) atoms. The third-order valence-electron chi connectivity index (χ3n) is 3.30. The number of phenolic OH excluding ortho intramolecular Hbond substituents is 2. The molecule has 0 atom stereocenters. The van der Waals surface area contributed by atoms with Crippen LogP contribution >= 0.6 is 0 Å². The van der Waals surface area contributed by atoms with E-state index in [-0.39, 0.29) is 11.5 Å². The van der Waals surface area contributed by atoms with Crippen molar-refractivity contribution in [1.82, 2.24) is 0 Å². The van der Waals surface area contributed by atoms with Crippen LogP contribution in [0.15, 0.2) is 60.7 Å². The number of anilines is 2. The molecule has 0 aliphatic heterocycles. The normalized spacial score (nSPS) is 10.4. The zero-order chi connectivity index (χ0) is 15.5. The molecular weight excluding hydrogens is 280 g/mol. The van der Waals surface area contributed by atoms with Crippen LogP contribution in [0.4, 0.5) is 16.2 Å². The minimum Gasteiger partial charge on any atom is -0.507 e. The van der Waals surface area contributed by atoms with Gasteiger partial charge in [0.05, 0.1) is 11.4 Å². The van der Waals surface area contributed by atoms with Crippen LogP contribution in [0.3, 0.4) is 0 Å². The Kier molecular flexibility index (Phi) is 3.53. The van der Waals surface area contributed by atoms with Gasteiger partial charge in [-0.15, -0.1) is 0 Å². The molecule has 0 aliphatic rings. The average molecular weight is 294 g/mol. The molecule has 110 valence electrons. The number of fused-ring (bicyclic) bond motifs is 1. The molecule has 0 radical (unpaired) electrons. The lowest BCUT2D eigenvalue weighted by atomic mass is 10.1. The van der Waals surface area contributed by atoms with Crippen molar-refractivity contribution in [3.8, 4) is 11.5 Å². The molecule has 5 nitrogen and oxygen atoms in total. The molecule has 5 heteroatoms. The summed E-state index contributed by atoms with van der Waals surface area (Å²) in [6.45, 7) is 0. The Balaban J connectivity index is 1.86. The lowest BCUT2D eigenvalue weighted by molar-refractivity contribution is 0.262. The molecule has 0 saturated heterocycles. The fourth-order valence-corrected chi connectivity index (χ4v) is 2.26. The number of benzene rings is 3. The van der Waals surface area contributed by atoms with E-state index in [1.165, 1.54) is 6.07 Å². The predicted molar refractivity (Wildman–Crippen MR) is 86.4 cm³/mol. The lowest BCUT2D eigenvalue weighted by Crippen LogP contribution is -2.19. The quantitative estimate of drug-likeness (QED) is 0.541. The van der Waals surface area contributed by atoms with Gasteiger partial charge >= 0.3 is 6.03 Å². The van der Waals surface area contributed by atoms with Crippen molar-refractivity contribution in [3.63, 3.8) is 0 Å². The van der Waals surface area contributed by atoms with Gasteiger partial charge in [-0.2, -0.15) is 0 Å². The van der Waals surface area contributed by atoms with Crippen LogP contribution in [0, 0.1) is 0 Å². The number of rotatable bonds is 2. The maximum Gasteiger partial charge on any atom is 0.323 e. The van der Waals surface area contributed by atoms with Crippen molar-refractivity contribution in [3.05, 3.63) is 60.7 Å². The Morgan fingerprint density at radius 3 is 2.09 bits per heavy atom. The van der Waals surface area contributed by atoms with Crippen LogP contribution in [0.2, 0.25) is 0 Å². The van der Waals surface area contributed by atoms with Crippen molar-refractivity contribution in [2.75, 3.05) is 10.6 Å². The molecule has 0 fully saturated rings. The number of carbonyl (C=O) groups is 1. The number of amides is 2. The van der Waals surface area contributed by atoms with Crippen LogP contribution in [0.25, 0.3) is 10.8 Å². The number of aromatic hydroxyl groups is 2. The SMILES string of the molecule is O=C(Nc1ccccc1O)Nc1cccc2c(O)cccc12. The molecule has 0 unspecified atom stereocenters. The van der Waals surface area contributed by atoms with E-state index in [0.29, 0.717) is 16.8 Å². The summed E-state index contributed by atoms with van der Waals surface area (Å²) in [5, 5.41) is 26.2. The van der Waals surface area contributed by atoms with Gasteiger partial charge < -0.3 is 20.8 Å². The highest BCUT2D eigenvalue weighted by Crippen LogP contribution is 2.30. The van der Waals surface area contributed by atoms with Crippen molar-refractivity contribution in [2.45, 2.75) is 0 Å². The van der Waals surface area contributed by atoms with Crippen LogP contribution < -0.4 is 10.6 Å². The van der Waals surface area contributed by atoms with E-state index in [1.807, 2.05) is 6.07 Å². The number of hydrogen-bond donors (Lipinski definition) is 4. The third-order valence-corrected chi connectivity index (χ3v) is 3.30. The molecule has 0 aromatic heterocycles. The maximum atomic E-state index is 12.1. The molecular formula is C17H14N2O3. The second kappa shape index (κ2) is 5.65. The summed E-state index contributed by atoms with van der Waals surface area (Å²) in [7, 11) is 0. The molecule has 4 N–H and O–H groups in total. The van der Waals surface area contributed by atoms with Gasteiger partial charge in [0.1, 0.15) is 11.5 Å². The predicted octanol–water partition coefficient (Wildman–Crippen LogP) is 3.90. The monoisotopic (exact) mass is 294 g/mol. The van der Waals surface area contributed by atoms with Crippen LogP contribution in [0.5, 0.6) is 11.5 Å². The molecule has 2 amide bonds. The van der Waals surface area contributed by atoms with E-state index in [2.05, 4.69) is 10.6 Å². The molecule has 0 aliphatic carbocycles. The van der Waals surface area contributed by atoms with Gasteiger partial charge in [0.15, 0.2) is 0 Å². The minimum absolute atomic E-state index is 0.00628. The topological polar surface area (TPSA) is 81.6 Å². The van der Waals surface area contributed by atoms with E-state index < -0.39 is 6.03 Å². The summed E-state index contributed by atoms with van der Waals surface area (Å²) in [5.74, 6) is 0.149. The van der Waals surface area contributed by atoms with Crippen molar-refractivity contribution in [1.29, 1.82) is 0 Å². The van der Waals surface area contributed by atoms with Gasteiger partial charge in [0, 0.05) is 10.8 Å². The lowest BCUT2D eigenvalue weighted by Gasteiger charge is -2.11. The summed E-state index contributed by atoms with van der Waals surface area (Å²) in [6, 6.07) is 16.4. The van der Waals surface area contributed by atoms with Gasteiger partial charge in [0.2, 0.25) is 0 Å². The van der Waals surface area contributed by atoms with Crippen molar-refractivity contribution < 1.29 is 15.0 Å². The Hall–Kier alpha value is -3.21. The summed E-state index contributed by atoms with van der Waals surface area (Å²) >= 11 is 0. The van der Waals surface area contributed by atoms with Gasteiger partial charge in [-0.25, -0.2) is 4.79 Å². The van der Waals surface area contributed by atoms with Crippen molar-refractivity contribution >= 4 is 28.2 Å². The van der Waals surface area contributed by atoms with E-state index in [0.717, 1.165) is 5.39 Å². The molecule has 0 heterocycles. The van der Waals surface area contributed by atoms with Crippen LogP contribution in [-0.4, -0.2) is 16.2 Å². The van der Waals surface area contributed by atoms with E-state index in [4.69, 9.17) is 0 Å². The third kappa shape index (κ3) is 2.64. The first-order valence-electron chi connectivity index (χ1n) is 6.72. The molecule has 0 saturated carbocycles. The first kappa shape index (κ1) is 13.8. The van der Waals surface area contributed by atoms with E-state index >= 15 is 0 Å². The van der Waals surface area contributed by atoms with Gasteiger partial charge in [-0.1, -0.05) is 36.4 Å². The van der Waals surface area contributed by atoms with Gasteiger partial charge in [-0.3, -0.25) is 0 Å². The van der Waals surface area contributed by atoms with E-state index in [1.54, 1.807) is 48.5 Å². The second-order valence-electron chi connectivity index (χ2n) is 4.77. The Bertz CT molecular complexity index is 846. The Morgan fingerprint density at radius 1 is 0.682 bits per heavy atom. The number of carbonyl (C=O) groups excluding carboxylic acids is 1. The fourth-order valence-electron chi connectivity index (χ4n) is 2.26. The Morgan fingerprint density at radius 2 is 1.27 bits per heavy atom.